The molecule has 0 spiro atoms. The second-order valence-corrected chi connectivity index (χ2v) is 4.12. The Labute approximate surface area is 99.0 Å². The highest BCUT2D eigenvalue weighted by atomic mass is 16.5. The van der Waals surface area contributed by atoms with Gasteiger partial charge in [-0.05, 0) is 37.9 Å². The molecule has 0 heterocycles. The van der Waals surface area contributed by atoms with Crippen LogP contribution in [0.4, 0.5) is 0 Å². The Hall–Kier alpha value is -1.02. The van der Waals surface area contributed by atoms with Crippen LogP contribution in [0, 0.1) is 6.92 Å². The lowest BCUT2D eigenvalue weighted by molar-refractivity contribution is 0.192. The van der Waals surface area contributed by atoms with Crippen molar-refractivity contribution < 1.29 is 4.74 Å². The summed E-state index contributed by atoms with van der Waals surface area (Å²) in [6, 6.07) is 8.19. The highest BCUT2D eigenvalue weighted by molar-refractivity contribution is 5.31. The highest BCUT2D eigenvalue weighted by Crippen LogP contribution is 2.18. The third kappa shape index (κ3) is 4.23. The Balaban J connectivity index is 2.46. The van der Waals surface area contributed by atoms with Gasteiger partial charge in [0.15, 0.2) is 0 Å². The summed E-state index contributed by atoms with van der Waals surface area (Å²) < 4.78 is 5.98. The first-order valence-corrected chi connectivity index (χ1v) is 6.20. The summed E-state index contributed by atoms with van der Waals surface area (Å²) in [5.41, 5.74) is 1.21. The monoisotopic (exact) mass is 221 g/mol. The van der Waals surface area contributed by atoms with E-state index in [0.717, 1.165) is 25.3 Å². The summed E-state index contributed by atoms with van der Waals surface area (Å²) in [5.74, 6) is 1.01. The Morgan fingerprint density at radius 2 is 2.00 bits per heavy atom. The molecule has 1 rings (SSSR count). The first-order chi connectivity index (χ1) is 7.77. The molecule has 1 atom stereocenters. The van der Waals surface area contributed by atoms with Crippen molar-refractivity contribution in [3.05, 3.63) is 29.8 Å². The molecular formula is C14H23NO. The lowest BCUT2D eigenvalue weighted by Crippen LogP contribution is -2.31. The molecule has 90 valence electrons. The van der Waals surface area contributed by atoms with E-state index < -0.39 is 0 Å². The standard InChI is InChI=1S/C14H23NO/c1-4-10-15-11-13(5-2)16-14-9-7-6-8-12(14)3/h6-9,13,15H,4-5,10-11H2,1-3H3. The molecule has 2 nitrogen and oxygen atoms in total. The summed E-state index contributed by atoms with van der Waals surface area (Å²) in [6.07, 6.45) is 2.47. The first kappa shape index (κ1) is 13.0. The van der Waals surface area contributed by atoms with E-state index in [4.69, 9.17) is 4.74 Å². The molecule has 0 aliphatic rings. The van der Waals surface area contributed by atoms with Crippen LogP contribution in [-0.2, 0) is 0 Å². The van der Waals surface area contributed by atoms with Crippen molar-refractivity contribution in [2.24, 2.45) is 0 Å². The maximum absolute atomic E-state index is 5.98. The Morgan fingerprint density at radius 3 is 2.62 bits per heavy atom. The molecule has 1 aromatic carbocycles. The molecule has 0 amide bonds. The van der Waals surface area contributed by atoms with Gasteiger partial charge in [-0.3, -0.25) is 0 Å². The first-order valence-electron chi connectivity index (χ1n) is 6.20. The fraction of sp³-hybridized carbons (Fsp3) is 0.571. The van der Waals surface area contributed by atoms with Gasteiger partial charge in [0.2, 0.25) is 0 Å². The van der Waals surface area contributed by atoms with Gasteiger partial charge >= 0.3 is 0 Å². The molecule has 0 radical (unpaired) electrons. The summed E-state index contributed by atoms with van der Waals surface area (Å²) in [5, 5.41) is 3.40. The molecule has 0 aliphatic carbocycles. The molecule has 0 aromatic heterocycles. The smallest absolute Gasteiger partial charge is 0.122 e. The molecule has 2 heteroatoms. The van der Waals surface area contributed by atoms with Crippen molar-refractivity contribution >= 4 is 0 Å². The number of rotatable bonds is 7. The van der Waals surface area contributed by atoms with Crippen molar-refractivity contribution in [2.75, 3.05) is 13.1 Å². The van der Waals surface area contributed by atoms with Crippen LogP contribution in [0.3, 0.4) is 0 Å². The van der Waals surface area contributed by atoms with E-state index in [2.05, 4.69) is 32.2 Å². The molecule has 16 heavy (non-hydrogen) atoms. The zero-order valence-electron chi connectivity index (χ0n) is 10.6. The summed E-state index contributed by atoms with van der Waals surface area (Å²) in [7, 11) is 0. The normalized spacial score (nSPS) is 12.4. The number of benzene rings is 1. The summed E-state index contributed by atoms with van der Waals surface area (Å²) in [4.78, 5) is 0. The average molecular weight is 221 g/mol. The number of aryl methyl sites for hydroxylation is 1. The van der Waals surface area contributed by atoms with Gasteiger partial charge in [-0.1, -0.05) is 32.0 Å². The number of nitrogens with one attached hydrogen (secondary N) is 1. The second-order valence-electron chi connectivity index (χ2n) is 4.12. The summed E-state index contributed by atoms with van der Waals surface area (Å²) in [6.45, 7) is 8.42. The highest BCUT2D eigenvalue weighted by Gasteiger charge is 2.08. The van der Waals surface area contributed by atoms with E-state index in [0.29, 0.717) is 0 Å². The molecule has 1 aromatic rings. The van der Waals surface area contributed by atoms with E-state index in [9.17, 15) is 0 Å². The number of hydrogen-bond donors (Lipinski definition) is 1. The van der Waals surface area contributed by atoms with Crippen LogP contribution >= 0.6 is 0 Å². The van der Waals surface area contributed by atoms with E-state index in [-0.39, 0.29) is 6.10 Å². The van der Waals surface area contributed by atoms with Gasteiger partial charge in [0.05, 0.1) is 0 Å². The third-order valence-electron chi connectivity index (χ3n) is 2.64. The molecule has 0 aliphatic heterocycles. The van der Waals surface area contributed by atoms with E-state index in [1.54, 1.807) is 0 Å². The maximum atomic E-state index is 5.98. The molecule has 0 bridgehead atoms. The van der Waals surface area contributed by atoms with Crippen molar-refractivity contribution in [3.8, 4) is 5.75 Å². The molecule has 0 fully saturated rings. The van der Waals surface area contributed by atoms with Crippen LogP contribution in [-0.4, -0.2) is 19.2 Å². The van der Waals surface area contributed by atoms with Crippen molar-refractivity contribution in [1.29, 1.82) is 0 Å². The lowest BCUT2D eigenvalue weighted by Gasteiger charge is -2.19. The fourth-order valence-electron chi connectivity index (χ4n) is 1.58. The van der Waals surface area contributed by atoms with Crippen molar-refractivity contribution in [1.82, 2.24) is 5.32 Å². The van der Waals surface area contributed by atoms with Crippen LogP contribution in [0.2, 0.25) is 0 Å². The van der Waals surface area contributed by atoms with Gasteiger partial charge in [-0.15, -0.1) is 0 Å². The Kier molecular flexibility index (Phi) is 5.94. The minimum atomic E-state index is 0.271. The topological polar surface area (TPSA) is 21.3 Å². The van der Waals surface area contributed by atoms with Crippen LogP contribution in [0.15, 0.2) is 24.3 Å². The fourth-order valence-corrected chi connectivity index (χ4v) is 1.58. The van der Waals surface area contributed by atoms with E-state index >= 15 is 0 Å². The largest absolute Gasteiger partial charge is 0.489 e. The van der Waals surface area contributed by atoms with Crippen molar-refractivity contribution in [2.45, 2.75) is 39.7 Å². The predicted molar refractivity (Wildman–Crippen MR) is 69.0 cm³/mol. The maximum Gasteiger partial charge on any atom is 0.122 e. The van der Waals surface area contributed by atoms with Crippen LogP contribution in [0.5, 0.6) is 5.75 Å². The van der Waals surface area contributed by atoms with Gasteiger partial charge in [0.25, 0.3) is 0 Å². The minimum absolute atomic E-state index is 0.271. The predicted octanol–water partition coefficient (Wildman–Crippen LogP) is 3.15. The van der Waals surface area contributed by atoms with Crippen LogP contribution < -0.4 is 10.1 Å². The number of hydrogen-bond acceptors (Lipinski definition) is 2. The molecule has 1 N–H and O–H groups in total. The van der Waals surface area contributed by atoms with Gasteiger partial charge in [-0.2, -0.15) is 0 Å². The minimum Gasteiger partial charge on any atom is -0.489 e. The Morgan fingerprint density at radius 1 is 1.25 bits per heavy atom. The van der Waals surface area contributed by atoms with Gasteiger partial charge < -0.3 is 10.1 Å². The molecule has 1 unspecified atom stereocenters. The quantitative estimate of drug-likeness (QED) is 0.714. The van der Waals surface area contributed by atoms with E-state index in [1.807, 2.05) is 18.2 Å². The zero-order valence-corrected chi connectivity index (χ0v) is 10.6. The zero-order chi connectivity index (χ0) is 11.8. The van der Waals surface area contributed by atoms with Gasteiger partial charge in [-0.25, -0.2) is 0 Å². The number of para-hydroxylation sites is 1. The third-order valence-corrected chi connectivity index (χ3v) is 2.64. The van der Waals surface area contributed by atoms with Crippen molar-refractivity contribution in [3.63, 3.8) is 0 Å². The van der Waals surface area contributed by atoms with Crippen LogP contribution in [0.1, 0.15) is 32.3 Å². The SMILES string of the molecule is CCCNCC(CC)Oc1ccccc1C. The molecule has 0 saturated heterocycles. The average Bonchev–Trinajstić information content (AvgIpc) is 2.30. The summed E-state index contributed by atoms with van der Waals surface area (Å²) >= 11 is 0. The molecular weight excluding hydrogens is 198 g/mol. The van der Waals surface area contributed by atoms with Crippen LogP contribution in [0.25, 0.3) is 0 Å². The molecule has 0 saturated carbocycles. The van der Waals surface area contributed by atoms with Gasteiger partial charge in [0, 0.05) is 6.54 Å². The lowest BCUT2D eigenvalue weighted by atomic mass is 10.2. The second kappa shape index (κ2) is 7.29. The van der Waals surface area contributed by atoms with E-state index in [1.165, 1.54) is 12.0 Å². The number of ether oxygens (including phenoxy) is 1. The van der Waals surface area contributed by atoms with Gasteiger partial charge in [0.1, 0.15) is 11.9 Å². The Bertz CT molecular complexity index is 299.